The van der Waals surface area contributed by atoms with Gasteiger partial charge in [-0.2, -0.15) is 14.6 Å². The first kappa shape index (κ1) is 37.2. The average molecular weight is 727 g/mol. The minimum atomic E-state index is -0.884. The van der Waals surface area contributed by atoms with E-state index in [0.717, 1.165) is 37.8 Å². The molecule has 0 unspecified atom stereocenters. The summed E-state index contributed by atoms with van der Waals surface area (Å²) in [5, 5.41) is 16.0. The average Bonchev–Trinajstić information content (AvgIpc) is 3.84. The van der Waals surface area contributed by atoms with Crippen molar-refractivity contribution in [3.05, 3.63) is 64.8 Å². The first-order valence-corrected chi connectivity index (χ1v) is 17.3. The fourth-order valence-corrected chi connectivity index (χ4v) is 6.14. The van der Waals surface area contributed by atoms with E-state index in [1.807, 2.05) is 6.92 Å². The van der Waals surface area contributed by atoms with Gasteiger partial charge in [-0.25, -0.2) is 28.6 Å². The molecule has 1 fully saturated rings. The molecule has 1 aliphatic rings. The van der Waals surface area contributed by atoms with Gasteiger partial charge in [0.05, 0.1) is 24.0 Å². The van der Waals surface area contributed by atoms with Gasteiger partial charge in [-0.05, 0) is 84.9 Å². The molecule has 272 valence electrons. The lowest BCUT2D eigenvalue weighted by molar-refractivity contribution is -0.143. The number of rotatable bonds is 11. The van der Waals surface area contributed by atoms with E-state index in [9.17, 15) is 23.2 Å². The first-order chi connectivity index (χ1) is 24.2. The van der Waals surface area contributed by atoms with Crippen LogP contribution < -0.4 is 10.6 Å². The third-order valence-electron chi connectivity index (χ3n) is 7.71. The molecule has 5 rings (SSSR count). The molecule has 0 aromatic carbocycles. The van der Waals surface area contributed by atoms with Crippen LogP contribution in [-0.2, 0) is 25.7 Å². The fraction of sp³-hybridized carbons (Fsp3) is 0.441. The predicted molar refractivity (Wildman–Crippen MR) is 183 cm³/mol. The van der Waals surface area contributed by atoms with Gasteiger partial charge in [0.2, 0.25) is 5.95 Å². The number of aromatic nitrogens is 6. The van der Waals surface area contributed by atoms with Crippen LogP contribution in [-0.4, -0.2) is 65.8 Å². The molecule has 1 aliphatic carbocycles. The molecule has 0 radical (unpaired) electrons. The summed E-state index contributed by atoms with van der Waals surface area (Å²) in [4.78, 5) is 46.5. The van der Waals surface area contributed by atoms with Crippen LogP contribution in [0.25, 0.3) is 22.0 Å². The van der Waals surface area contributed by atoms with Crippen molar-refractivity contribution in [2.45, 2.75) is 91.7 Å². The van der Waals surface area contributed by atoms with Gasteiger partial charge in [-0.1, -0.05) is 0 Å². The molecule has 2 N–H and O–H groups in total. The van der Waals surface area contributed by atoms with Gasteiger partial charge in [0.15, 0.2) is 12.5 Å². The van der Waals surface area contributed by atoms with Gasteiger partial charge >= 0.3 is 12.1 Å². The monoisotopic (exact) mass is 726 g/mol. The molecular weight excluding hydrogens is 686 g/mol. The molecule has 2 amide bonds. The minimum Gasteiger partial charge on any atom is -0.444 e. The highest BCUT2D eigenvalue weighted by Gasteiger charge is 2.27. The maximum Gasteiger partial charge on any atom is 0.412 e. The van der Waals surface area contributed by atoms with Crippen LogP contribution in [0.1, 0.15) is 83.8 Å². The van der Waals surface area contributed by atoms with Crippen molar-refractivity contribution < 1.29 is 37.4 Å². The number of amides is 2. The molecule has 0 atom stereocenters. The molecular formula is C34H40F2N8O6S. The van der Waals surface area contributed by atoms with Gasteiger partial charge in [0.1, 0.15) is 33.4 Å². The van der Waals surface area contributed by atoms with Gasteiger partial charge in [0.25, 0.3) is 5.91 Å². The Bertz CT molecular complexity index is 1920. The molecule has 4 heterocycles. The Labute approximate surface area is 297 Å². The van der Waals surface area contributed by atoms with Crippen molar-refractivity contribution in [2.24, 2.45) is 0 Å². The highest BCUT2D eigenvalue weighted by molar-refractivity contribution is 7.13. The van der Waals surface area contributed by atoms with Crippen molar-refractivity contribution in [2.75, 3.05) is 11.9 Å². The van der Waals surface area contributed by atoms with Crippen LogP contribution >= 0.6 is 11.3 Å². The molecule has 51 heavy (non-hydrogen) atoms. The molecule has 0 saturated heterocycles. The number of nitrogens with one attached hydrogen (secondary N) is 2. The third-order valence-corrected chi connectivity index (χ3v) is 8.60. The number of pyridine rings is 1. The molecule has 0 bridgehead atoms. The summed E-state index contributed by atoms with van der Waals surface area (Å²) in [6.07, 6.45) is 7.23. The number of anilines is 1. The number of alkyl carbamates (subject to hydrolysis) is 1. The topological polar surface area (TPSA) is 164 Å². The molecule has 1 saturated carbocycles. The fourth-order valence-electron chi connectivity index (χ4n) is 5.37. The second kappa shape index (κ2) is 15.9. The summed E-state index contributed by atoms with van der Waals surface area (Å²) < 4.78 is 48.3. The molecule has 4 aromatic rings. The second-order valence-corrected chi connectivity index (χ2v) is 13.9. The first-order valence-electron chi connectivity index (χ1n) is 16.4. The zero-order valence-corrected chi connectivity index (χ0v) is 30.0. The van der Waals surface area contributed by atoms with Gasteiger partial charge < -0.3 is 19.5 Å². The van der Waals surface area contributed by atoms with E-state index in [-0.39, 0.29) is 47.3 Å². The predicted octanol–water partition coefficient (Wildman–Crippen LogP) is 6.64. The summed E-state index contributed by atoms with van der Waals surface area (Å²) in [5.41, 5.74) is 0.161. The van der Waals surface area contributed by atoms with E-state index >= 15 is 0 Å². The van der Waals surface area contributed by atoms with Crippen molar-refractivity contribution in [3.8, 4) is 22.0 Å². The largest absolute Gasteiger partial charge is 0.444 e. The number of ether oxygens (including phenoxy) is 3. The van der Waals surface area contributed by atoms with Gasteiger partial charge in [-0.3, -0.25) is 14.8 Å². The van der Waals surface area contributed by atoms with Gasteiger partial charge in [-0.15, -0.1) is 11.3 Å². The van der Waals surface area contributed by atoms with E-state index in [4.69, 9.17) is 14.2 Å². The summed E-state index contributed by atoms with van der Waals surface area (Å²) in [6, 6.07) is 1.85. The SMILES string of the molecule is CCOC1CCC(n2cc(NC(=O)c3csc(-c4cnn(COC(=O)C(NC(=O)OC(C)(C)C)=C(C)C)c4)n3)c(-c3nc(F)ccc3F)n2)CC1. The summed E-state index contributed by atoms with van der Waals surface area (Å²) >= 11 is 1.18. The Morgan fingerprint density at radius 1 is 1.04 bits per heavy atom. The van der Waals surface area contributed by atoms with E-state index in [1.165, 1.54) is 22.2 Å². The lowest BCUT2D eigenvalue weighted by Gasteiger charge is -2.28. The lowest BCUT2D eigenvalue weighted by Crippen LogP contribution is -2.35. The number of carbonyl (C=O) groups excluding carboxylic acids is 3. The molecule has 17 heteroatoms. The van der Waals surface area contributed by atoms with Crippen molar-refractivity contribution in [1.82, 2.24) is 34.8 Å². The smallest absolute Gasteiger partial charge is 0.412 e. The molecule has 4 aromatic heterocycles. The van der Waals surface area contributed by atoms with Crippen LogP contribution in [0.5, 0.6) is 0 Å². The van der Waals surface area contributed by atoms with Crippen molar-refractivity contribution >= 4 is 35.0 Å². The zero-order valence-electron chi connectivity index (χ0n) is 29.2. The van der Waals surface area contributed by atoms with Crippen LogP contribution in [0.15, 0.2) is 47.4 Å². The molecule has 0 spiro atoms. The number of halogens is 2. The summed E-state index contributed by atoms with van der Waals surface area (Å²) in [6.45, 7) is 10.7. The number of allylic oxidation sites excluding steroid dienone is 1. The minimum absolute atomic E-state index is 0.00359. The number of hydrogen-bond acceptors (Lipinski definition) is 11. The number of esters is 1. The summed E-state index contributed by atoms with van der Waals surface area (Å²) in [5.74, 6) is -3.04. The normalized spacial score (nSPS) is 16.0. The highest BCUT2D eigenvalue weighted by Crippen LogP contribution is 2.35. The van der Waals surface area contributed by atoms with Gasteiger partial charge in [0, 0.05) is 29.9 Å². The maximum atomic E-state index is 14.9. The van der Waals surface area contributed by atoms with E-state index in [1.54, 1.807) is 57.1 Å². The van der Waals surface area contributed by atoms with Crippen molar-refractivity contribution in [1.29, 1.82) is 0 Å². The van der Waals surface area contributed by atoms with E-state index in [0.29, 0.717) is 22.8 Å². The maximum absolute atomic E-state index is 14.9. The van der Waals surface area contributed by atoms with Crippen molar-refractivity contribution in [3.63, 3.8) is 0 Å². The van der Waals surface area contributed by atoms with Crippen LogP contribution in [0.2, 0.25) is 0 Å². The Morgan fingerprint density at radius 2 is 1.78 bits per heavy atom. The third kappa shape index (κ3) is 9.61. The number of hydrogen-bond donors (Lipinski definition) is 2. The highest BCUT2D eigenvalue weighted by atomic mass is 32.1. The number of nitrogens with zero attached hydrogens (tertiary/aromatic N) is 6. The van der Waals surface area contributed by atoms with E-state index in [2.05, 4.69) is 30.8 Å². The lowest BCUT2D eigenvalue weighted by atomic mass is 9.93. The zero-order chi connectivity index (χ0) is 36.9. The Kier molecular flexibility index (Phi) is 11.6. The molecule has 0 aliphatic heterocycles. The number of thiazole rings is 1. The Hall–Kier alpha value is -5.03. The van der Waals surface area contributed by atoms with Crippen LogP contribution in [0.3, 0.4) is 0 Å². The standard InChI is InChI=1S/C34H40F2N8O6S/c1-7-48-22-10-8-21(9-11-22)44-16-24(29(42-44)28-23(35)12-13-26(36)40-28)38-30(45)25-17-51-31(39-25)20-14-37-43(15-20)18-49-32(46)27(19(2)3)41-33(47)50-34(4,5)6/h12-17,21-22H,7-11,18H2,1-6H3,(H,38,45)(H,41,47). The Morgan fingerprint density at radius 3 is 2.47 bits per heavy atom. The quantitative estimate of drug-likeness (QED) is 0.0973. The second-order valence-electron chi connectivity index (χ2n) is 13.0. The summed E-state index contributed by atoms with van der Waals surface area (Å²) in [7, 11) is 0. The molecule has 14 nitrogen and oxygen atoms in total. The van der Waals surface area contributed by atoms with Crippen LogP contribution in [0.4, 0.5) is 19.3 Å². The van der Waals surface area contributed by atoms with Crippen LogP contribution in [0, 0.1) is 11.8 Å². The van der Waals surface area contributed by atoms with E-state index < -0.39 is 35.3 Å². The Balaban J connectivity index is 1.27. The number of carbonyl (C=O) groups is 3.